The Morgan fingerprint density at radius 2 is 1.52 bits per heavy atom. The molecule has 0 saturated carbocycles. The van der Waals surface area contributed by atoms with Gasteiger partial charge in [0, 0.05) is 17.5 Å². The lowest BCUT2D eigenvalue weighted by molar-refractivity contribution is 0.0926. The molecule has 8 heteroatoms. The smallest absolute Gasteiger partial charge is 0.266 e. The molecule has 4 aromatic rings. The molecule has 0 aliphatic carbocycles. The van der Waals surface area contributed by atoms with Gasteiger partial charge in [-0.3, -0.25) is 9.59 Å². The van der Waals surface area contributed by atoms with E-state index in [1.54, 1.807) is 30.3 Å². The molecule has 166 valence electrons. The molecule has 1 aliphatic heterocycles. The number of aliphatic hydroxyl groups excluding tert-OH is 1. The van der Waals surface area contributed by atoms with Gasteiger partial charge in [-0.05, 0) is 36.4 Å². The average Bonchev–Trinajstić information content (AvgIpc) is 3.33. The molecule has 0 bridgehead atoms. The second-order valence-corrected chi connectivity index (χ2v) is 8.10. The predicted octanol–water partition coefficient (Wildman–Crippen LogP) is 4.82. The lowest BCUT2D eigenvalue weighted by Crippen LogP contribution is -2.29. The number of halogens is 1. The topological polar surface area (TPSA) is 74.9 Å². The number of fused-ring (bicyclic) bond motifs is 1. The van der Waals surface area contributed by atoms with Crippen molar-refractivity contribution in [3.05, 3.63) is 100 Å². The standard InChI is InChI=1S/C25H19N3O3S.BrH/c29-14-13-27-22(16-32-25(27)26-18-8-2-1-3-9-18)17-7-6-10-19(15-17)28-23(30)20-11-4-5-12-21(20)24(28)31;/h1-12,15-16,29H,13-14H2;1H. The number of anilines is 1. The molecule has 33 heavy (non-hydrogen) atoms. The molecule has 0 saturated heterocycles. The second-order valence-electron chi connectivity index (χ2n) is 7.27. The van der Waals surface area contributed by atoms with Gasteiger partial charge in [-0.15, -0.1) is 28.3 Å². The molecule has 2 heterocycles. The first-order valence-electron chi connectivity index (χ1n) is 10.1. The molecule has 1 aromatic heterocycles. The Kier molecular flexibility index (Phi) is 6.69. The lowest BCUT2D eigenvalue weighted by atomic mass is 10.1. The second kappa shape index (κ2) is 9.66. The van der Waals surface area contributed by atoms with E-state index in [0.717, 1.165) is 21.7 Å². The third-order valence-corrected chi connectivity index (χ3v) is 6.16. The van der Waals surface area contributed by atoms with E-state index in [-0.39, 0.29) is 35.4 Å². The zero-order chi connectivity index (χ0) is 22.1. The number of carbonyl (C=O) groups is 2. The van der Waals surface area contributed by atoms with Crippen LogP contribution in [-0.4, -0.2) is 28.1 Å². The molecule has 2 amide bonds. The SMILES string of the molecule is Br.O=C1c2ccccc2C(=O)N1c1cccc(-c2csc(=Nc3ccccc3)n2CCO)c1. The van der Waals surface area contributed by atoms with E-state index in [1.165, 1.54) is 16.2 Å². The first-order valence-corrected chi connectivity index (χ1v) is 11.0. The predicted molar refractivity (Wildman–Crippen MR) is 134 cm³/mol. The lowest BCUT2D eigenvalue weighted by Gasteiger charge is -2.15. The van der Waals surface area contributed by atoms with Crippen molar-refractivity contribution in [3.63, 3.8) is 0 Å². The maximum atomic E-state index is 12.9. The van der Waals surface area contributed by atoms with Crippen LogP contribution in [0.1, 0.15) is 20.7 Å². The van der Waals surface area contributed by atoms with Gasteiger partial charge in [0.2, 0.25) is 0 Å². The Morgan fingerprint density at radius 3 is 2.18 bits per heavy atom. The number of imide groups is 1. The number of rotatable bonds is 5. The number of aliphatic hydroxyl groups is 1. The first kappa shape index (κ1) is 22.8. The summed E-state index contributed by atoms with van der Waals surface area (Å²) in [7, 11) is 0. The van der Waals surface area contributed by atoms with Crippen LogP contribution in [0.5, 0.6) is 0 Å². The van der Waals surface area contributed by atoms with Crippen molar-refractivity contribution in [1.29, 1.82) is 0 Å². The van der Waals surface area contributed by atoms with Crippen LogP contribution in [0.15, 0.2) is 89.2 Å². The summed E-state index contributed by atoms with van der Waals surface area (Å²) >= 11 is 1.47. The highest BCUT2D eigenvalue weighted by Gasteiger charge is 2.36. The fraction of sp³-hybridized carbons (Fsp3) is 0.0800. The van der Waals surface area contributed by atoms with E-state index in [0.29, 0.717) is 23.4 Å². The number of carbonyl (C=O) groups excluding carboxylic acids is 2. The van der Waals surface area contributed by atoms with Crippen molar-refractivity contribution in [3.8, 4) is 11.3 Å². The number of hydrogen-bond acceptors (Lipinski definition) is 5. The maximum absolute atomic E-state index is 12.9. The summed E-state index contributed by atoms with van der Waals surface area (Å²) in [5.41, 5.74) is 3.86. The number of thiazole rings is 1. The van der Waals surface area contributed by atoms with Crippen LogP contribution in [0.4, 0.5) is 11.4 Å². The fourth-order valence-electron chi connectivity index (χ4n) is 3.81. The number of para-hydroxylation sites is 1. The Hall–Kier alpha value is -3.33. The molecule has 0 atom stereocenters. The first-order chi connectivity index (χ1) is 15.7. The highest BCUT2D eigenvalue weighted by molar-refractivity contribution is 8.93. The molecule has 1 aliphatic rings. The summed E-state index contributed by atoms with van der Waals surface area (Å²) in [4.78, 5) is 32.5. The van der Waals surface area contributed by atoms with Crippen molar-refractivity contribution < 1.29 is 14.7 Å². The van der Waals surface area contributed by atoms with Crippen LogP contribution < -0.4 is 9.70 Å². The van der Waals surface area contributed by atoms with E-state index in [2.05, 4.69) is 0 Å². The summed E-state index contributed by atoms with van der Waals surface area (Å²) < 4.78 is 1.94. The summed E-state index contributed by atoms with van der Waals surface area (Å²) in [6.45, 7) is 0.339. The fourth-order valence-corrected chi connectivity index (χ4v) is 4.76. The number of nitrogens with zero attached hydrogens (tertiary/aromatic N) is 3. The minimum absolute atomic E-state index is 0. The molecule has 0 spiro atoms. The molecular weight excluding hydrogens is 502 g/mol. The minimum Gasteiger partial charge on any atom is -0.395 e. The molecule has 6 nitrogen and oxygen atoms in total. The number of benzene rings is 3. The average molecular weight is 522 g/mol. The Labute approximate surface area is 204 Å². The van der Waals surface area contributed by atoms with Gasteiger partial charge in [0.05, 0.1) is 34.8 Å². The zero-order valence-electron chi connectivity index (χ0n) is 17.4. The summed E-state index contributed by atoms with van der Waals surface area (Å²) in [5.74, 6) is -0.646. The van der Waals surface area contributed by atoms with Gasteiger partial charge in [-0.2, -0.15) is 0 Å². The number of hydrogen-bond donors (Lipinski definition) is 1. The molecular formula is C25H20BrN3O3S. The molecule has 3 aromatic carbocycles. The number of amides is 2. The largest absolute Gasteiger partial charge is 0.395 e. The van der Waals surface area contributed by atoms with Crippen LogP contribution in [-0.2, 0) is 6.54 Å². The number of aromatic nitrogens is 1. The quantitative estimate of drug-likeness (QED) is 0.382. The molecule has 0 unspecified atom stereocenters. The summed E-state index contributed by atoms with van der Waals surface area (Å²) in [6, 6.07) is 23.8. The maximum Gasteiger partial charge on any atom is 0.266 e. The van der Waals surface area contributed by atoms with Gasteiger partial charge in [0.1, 0.15) is 0 Å². The highest BCUT2D eigenvalue weighted by Crippen LogP contribution is 2.31. The summed E-state index contributed by atoms with van der Waals surface area (Å²) in [5, 5.41) is 11.6. The van der Waals surface area contributed by atoms with E-state index < -0.39 is 0 Å². The Balaban J connectivity index is 0.00000259. The van der Waals surface area contributed by atoms with Crippen LogP contribution in [0.2, 0.25) is 0 Å². The van der Waals surface area contributed by atoms with Crippen molar-refractivity contribution in [2.45, 2.75) is 6.54 Å². The van der Waals surface area contributed by atoms with E-state index in [4.69, 9.17) is 4.99 Å². The van der Waals surface area contributed by atoms with Crippen LogP contribution >= 0.6 is 28.3 Å². The van der Waals surface area contributed by atoms with Gasteiger partial charge in [-0.1, -0.05) is 42.5 Å². The van der Waals surface area contributed by atoms with Crippen LogP contribution in [0.3, 0.4) is 0 Å². The van der Waals surface area contributed by atoms with E-state index in [1.807, 2.05) is 58.5 Å². The van der Waals surface area contributed by atoms with Crippen molar-refractivity contribution in [2.75, 3.05) is 11.5 Å². The van der Waals surface area contributed by atoms with Crippen LogP contribution in [0.25, 0.3) is 11.3 Å². The van der Waals surface area contributed by atoms with E-state index >= 15 is 0 Å². The molecule has 0 fully saturated rings. The Morgan fingerprint density at radius 1 is 0.848 bits per heavy atom. The zero-order valence-corrected chi connectivity index (χ0v) is 19.9. The third kappa shape index (κ3) is 4.20. The molecule has 1 N–H and O–H groups in total. The van der Waals surface area contributed by atoms with Gasteiger partial charge in [-0.25, -0.2) is 9.89 Å². The normalized spacial score (nSPS) is 13.2. The van der Waals surface area contributed by atoms with Crippen molar-refractivity contribution in [1.82, 2.24) is 4.57 Å². The summed E-state index contributed by atoms with van der Waals surface area (Å²) in [6.07, 6.45) is 0. The molecule has 0 radical (unpaired) electrons. The van der Waals surface area contributed by atoms with Crippen molar-refractivity contribution >= 4 is 51.5 Å². The highest BCUT2D eigenvalue weighted by atomic mass is 79.9. The molecule has 5 rings (SSSR count). The van der Waals surface area contributed by atoms with Gasteiger partial charge in [0.15, 0.2) is 4.80 Å². The van der Waals surface area contributed by atoms with Gasteiger partial charge < -0.3 is 9.67 Å². The monoisotopic (exact) mass is 521 g/mol. The van der Waals surface area contributed by atoms with Gasteiger partial charge in [0.25, 0.3) is 11.8 Å². The van der Waals surface area contributed by atoms with Crippen LogP contribution in [0, 0.1) is 0 Å². The van der Waals surface area contributed by atoms with Crippen molar-refractivity contribution in [2.24, 2.45) is 4.99 Å². The Bertz CT molecular complexity index is 1360. The minimum atomic E-state index is -0.323. The van der Waals surface area contributed by atoms with E-state index in [9.17, 15) is 14.7 Å². The van der Waals surface area contributed by atoms with Gasteiger partial charge >= 0.3 is 0 Å². The third-order valence-electron chi connectivity index (χ3n) is 5.30.